The fraction of sp³-hybridized carbons (Fsp3) is 0.583. The lowest BCUT2D eigenvalue weighted by Gasteiger charge is -2.34. The maximum Gasteiger partial charge on any atom is 0.346 e. The van der Waals surface area contributed by atoms with Gasteiger partial charge >= 0.3 is 5.97 Å². The fourth-order valence-electron chi connectivity index (χ4n) is 2.29. The van der Waals surface area contributed by atoms with E-state index in [4.69, 9.17) is 5.11 Å². The van der Waals surface area contributed by atoms with Crippen molar-refractivity contribution in [2.24, 2.45) is 5.92 Å². The van der Waals surface area contributed by atoms with Crippen LogP contribution in [0.1, 0.15) is 28.1 Å². The molecule has 0 atom stereocenters. The van der Waals surface area contributed by atoms with Gasteiger partial charge in [0.15, 0.2) is 0 Å². The molecule has 4 nitrogen and oxygen atoms in total. The van der Waals surface area contributed by atoms with E-state index in [0.717, 1.165) is 24.9 Å². The number of thiophene rings is 1. The fourth-order valence-corrected chi connectivity index (χ4v) is 3.05. The van der Waals surface area contributed by atoms with Crippen molar-refractivity contribution < 1.29 is 15.0 Å². The first-order chi connectivity index (χ1) is 8.06. The zero-order valence-electron chi connectivity index (χ0n) is 9.80. The van der Waals surface area contributed by atoms with Crippen LogP contribution >= 0.6 is 11.3 Å². The summed E-state index contributed by atoms with van der Waals surface area (Å²) >= 11 is 1.27. The van der Waals surface area contributed by atoms with Crippen molar-refractivity contribution in [2.45, 2.75) is 25.5 Å². The van der Waals surface area contributed by atoms with Crippen LogP contribution in [0.5, 0.6) is 0 Å². The molecule has 1 aliphatic carbocycles. The van der Waals surface area contributed by atoms with Gasteiger partial charge in [-0.3, -0.25) is 0 Å². The summed E-state index contributed by atoms with van der Waals surface area (Å²) in [6.07, 6.45) is 1.63. The molecule has 2 rings (SSSR count). The number of carbonyl (C=O) groups is 1. The van der Waals surface area contributed by atoms with Crippen molar-refractivity contribution in [3.05, 3.63) is 21.9 Å². The second-order valence-corrected chi connectivity index (χ2v) is 5.68. The number of carboxylic acid groups (broad SMARTS) is 1. The highest BCUT2D eigenvalue weighted by atomic mass is 32.1. The lowest BCUT2D eigenvalue weighted by Crippen LogP contribution is -2.36. The van der Waals surface area contributed by atoms with Crippen molar-refractivity contribution in [1.29, 1.82) is 0 Å². The molecule has 0 radical (unpaired) electrons. The quantitative estimate of drug-likeness (QED) is 0.840. The SMILES string of the molecule is CN(Cc1ccsc1C(=O)O)CC1CC(O)C1. The first kappa shape index (κ1) is 12.5. The van der Waals surface area contributed by atoms with Gasteiger partial charge in [0.2, 0.25) is 0 Å². The number of aromatic carboxylic acids is 1. The average molecular weight is 255 g/mol. The van der Waals surface area contributed by atoms with Crippen LogP contribution in [0.25, 0.3) is 0 Å². The van der Waals surface area contributed by atoms with Crippen LogP contribution in [0.15, 0.2) is 11.4 Å². The highest BCUT2D eigenvalue weighted by molar-refractivity contribution is 7.12. The molecule has 94 valence electrons. The minimum Gasteiger partial charge on any atom is -0.477 e. The third-order valence-electron chi connectivity index (χ3n) is 3.16. The highest BCUT2D eigenvalue weighted by Gasteiger charge is 2.28. The zero-order chi connectivity index (χ0) is 12.4. The van der Waals surface area contributed by atoms with Gasteiger partial charge in [-0.2, -0.15) is 0 Å². The second kappa shape index (κ2) is 5.16. The summed E-state index contributed by atoms with van der Waals surface area (Å²) in [6.45, 7) is 1.59. The Morgan fingerprint density at radius 1 is 1.59 bits per heavy atom. The molecule has 17 heavy (non-hydrogen) atoms. The second-order valence-electron chi connectivity index (χ2n) is 4.77. The van der Waals surface area contributed by atoms with Gasteiger partial charge in [0.25, 0.3) is 0 Å². The zero-order valence-corrected chi connectivity index (χ0v) is 10.6. The Bertz CT molecular complexity index is 398. The molecule has 0 aromatic carbocycles. The van der Waals surface area contributed by atoms with E-state index in [-0.39, 0.29) is 6.10 Å². The number of carboxylic acids is 1. The summed E-state index contributed by atoms with van der Waals surface area (Å²) in [5.74, 6) is -0.288. The molecule has 0 aliphatic heterocycles. The van der Waals surface area contributed by atoms with Crippen LogP contribution in [0, 0.1) is 5.92 Å². The van der Waals surface area contributed by atoms with Gasteiger partial charge in [-0.05, 0) is 42.8 Å². The van der Waals surface area contributed by atoms with E-state index in [0.29, 0.717) is 17.3 Å². The van der Waals surface area contributed by atoms with Crippen molar-refractivity contribution in [1.82, 2.24) is 4.90 Å². The average Bonchev–Trinajstić information content (AvgIpc) is 2.63. The lowest BCUT2D eigenvalue weighted by atomic mass is 9.82. The van der Waals surface area contributed by atoms with Crippen molar-refractivity contribution in [3.8, 4) is 0 Å². The number of hydrogen-bond donors (Lipinski definition) is 2. The Labute approximate surface area is 104 Å². The van der Waals surface area contributed by atoms with Gasteiger partial charge in [-0.1, -0.05) is 0 Å². The third kappa shape index (κ3) is 3.06. The molecule has 1 aromatic rings. The largest absolute Gasteiger partial charge is 0.477 e. The maximum absolute atomic E-state index is 11.0. The molecule has 0 amide bonds. The number of hydrogen-bond acceptors (Lipinski definition) is 4. The van der Waals surface area contributed by atoms with E-state index in [1.54, 1.807) is 0 Å². The number of aliphatic hydroxyl groups is 1. The van der Waals surface area contributed by atoms with Crippen molar-refractivity contribution >= 4 is 17.3 Å². The van der Waals surface area contributed by atoms with Crippen LogP contribution in [-0.2, 0) is 6.54 Å². The minimum atomic E-state index is -0.845. The topological polar surface area (TPSA) is 60.8 Å². The summed E-state index contributed by atoms with van der Waals surface area (Å²) in [6, 6.07) is 1.88. The maximum atomic E-state index is 11.0. The molecule has 2 N–H and O–H groups in total. The van der Waals surface area contributed by atoms with Crippen LogP contribution in [0.2, 0.25) is 0 Å². The normalized spacial score (nSPS) is 23.7. The van der Waals surface area contributed by atoms with E-state index in [2.05, 4.69) is 4.90 Å². The molecule has 0 spiro atoms. The monoisotopic (exact) mass is 255 g/mol. The number of rotatable bonds is 5. The van der Waals surface area contributed by atoms with E-state index in [9.17, 15) is 9.90 Å². The lowest BCUT2D eigenvalue weighted by molar-refractivity contribution is 0.0274. The summed E-state index contributed by atoms with van der Waals surface area (Å²) in [5, 5.41) is 20.0. The first-order valence-electron chi connectivity index (χ1n) is 5.72. The van der Waals surface area contributed by atoms with Crippen LogP contribution in [0.4, 0.5) is 0 Å². The van der Waals surface area contributed by atoms with Gasteiger partial charge in [0.05, 0.1) is 6.10 Å². The predicted octanol–water partition coefficient (Wildman–Crippen LogP) is 1.65. The van der Waals surface area contributed by atoms with E-state index < -0.39 is 5.97 Å². The Morgan fingerprint density at radius 2 is 2.29 bits per heavy atom. The van der Waals surface area contributed by atoms with Crippen molar-refractivity contribution in [2.75, 3.05) is 13.6 Å². The Hall–Kier alpha value is -0.910. The van der Waals surface area contributed by atoms with Crippen LogP contribution in [-0.4, -0.2) is 40.8 Å². The Morgan fingerprint density at radius 3 is 2.88 bits per heavy atom. The van der Waals surface area contributed by atoms with E-state index >= 15 is 0 Å². The summed E-state index contributed by atoms with van der Waals surface area (Å²) in [5.41, 5.74) is 0.880. The Kier molecular flexibility index (Phi) is 3.81. The summed E-state index contributed by atoms with van der Waals surface area (Å²) in [4.78, 5) is 13.5. The number of nitrogens with zero attached hydrogens (tertiary/aromatic N) is 1. The molecule has 1 heterocycles. The molecule has 1 fully saturated rings. The van der Waals surface area contributed by atoms with Gasteiger partial charge in [0, 0.05) is 13.1 Å². The standard InChI is InChI=1S/C12H17NO3S/c1-13(6-8-4-10(14)5-8)7-9-2-3-17-11(9)12(15)16/h2-3,8,10,14H,4-7H2,1H3,(H,15,16). The third-order valence-corrected chi connectivity index (χ3v) is 4.11. The van der Waals surface area contributed by atoms with Gasteiger partial charge in [-0.15, -0.1) is 11.3 Å². The molecule has 0 bridgehead atoms. The molecule has 5 heteroatoms. The van der Waals surface area contributed by atoms with Crippen LogP contribution < -0.4 is 0 Å². The summed E-state index contributed by atoms with van der Waals surface area (Å²) in [7, 11) is 1.99. The molecular formula is C12H17NO3S. The Balaban J connectivity index is 1.87. The van der Waals surface area contributed by atoms with Gasteiger partial charge in [0.1, 0.15) is 4.88 Å². The van der Waals surface area contributed by atoms with E-state index in [1.807, 2.05) is 18.5 Å². The predicted molar refractivity (Wildman–Crippen MR) is 66.3 cm³/mol. The van der Waals surface area contributed by atoms with E-state index in [1.165, 1.54) is 11.3 Å². The molecule has 1 saturated carbocycles. The number of aliphatic hydroxyl groups excluding tert-OH is 1. The summed E-state index contributed by atoms with van der Waals surface area (Å²) < 4.78 is 0. The van der Waals surface area contributed by atoms with Crippen molar-refractivity contribution in [3.63, 3.8) is 0 Å². The first-order valence-corrected chi connectivity index (χ1v) is 6.60. The van der Waals surface area contributed by atoms with Crippen LogP contribution in [0.3, 0.4) is 0 Å². The minimum absolute atomic E-state index is 0.121. The molecule has 1 aliphatic rings. The molecule has 1 aromatic heterocycles. The molecule has 0 unspecified atom stereocenters. The molecular weight excluding hydrogens is 238 g/mol. The highest BCUT2D eigenvalue weighted by Crippen LogP contribution is 2.28. The van der Waals surface area contributed by atoms with Gasteiger partial charge in [-0.25, -0.2) is 4.79 Å². The molecule has 0 saturated heterocycles. The van der Waals surface area contributed by atoms with Gasteiger partial charge < -0.3 is 15.1 Å². The smallest absolute Gasteiger partial charge is 0.346 e.